The van der Waals surface area contributed by atoms with Gasteiger partial charge in [0.15, 0.2) is 0 Å². The Morgan fingerprint density at radius 2 is 2.22 bits per heavy atom. The van der Waals surface area contributed by atoms with Gasteiger partial charge in [-0.3, -0.25) is 9.59 Å². The van der Waals surface area contributed by atoms with Crippen LogP contribution < -0.4 is 5.56 Å². The predicted molar refractivity (Wildman–Crippen MR) is 83.4 cm³/mol. The number of carbonyl (C=O) groups is 1. The lowest BCUT2D eigenvalue weighted by Gasteiger charge is -2.43. The number of hydrogen-bond donors (Lipinski definition) is 1. The van der Waals surface area contributed by atoms with Crippen LogP contribution in [-0.4, -0.2) is 59.3 Å². The lowest BCUT2D eigenvalue weighted by atomic mass is 9.79. The van der Waals surface area contributed by atoms with Crippen molar-refractivity contribution in [3.63, 3.8) is 0 Å². The number of hydrogen-bond acceptors (Lipinski definition) is 5. The van der Waals surface area contributed by atoms with Crippen molar-refractivity contribution in [2.24, 2.45) is 0 Å². The molecule has 0 aromatic carbocycles. The highest BCUT2D eigenvalue weighted by Gasteiger charge is 2.52. The summed E-state index contributed by atoms with van der Waals surface area (Å²) in [6, 6.07) is -0.0700. The lowest BCUT2D eigenvalue weighted by Crippen LogP contribution is -2.53. The molecule has 1 aliphatic heterocycles. The number of nitrogens with one attached hydrogen (secondary N) is 1. The van der Waals surface area contributed by atoms with Crippen molar-refractivity contribution in [1.29, 1.82) is 0 Å². The van der Waals surface area contributed by atoms with Crippen LogP contribution >= 0.6 is 0 Å². The average Bonchev–Trinajstić information content (AvgIpc) is 2.93. The number of aromatic nitrogens is 2. The second kappa shape index (κ2) is 6.05. The number of nitrogens with zero attached hydrogens (tertiary/aromatic N) is 2. The zero-order chi connectivity index (χ0) is 16.6. The molecule has 1 N–H and O–H groups in total. The van der Waals surface area contributed by atoms with E-state index in [2.05, 4.69) is 9.97 Å². The molecule has 23 heavy (non-hydrogen) atoms. The van der Waals surface area contributed by atoms with Gasteiger partial charge in [0.1, 0.15) is 11.4 Å². The molecule has 7 nitrogen and oxygen atoms in total. The highest BCUT2D eigenvalue weighted by molar-refractivity contribution is 5.94. The van der Waals surface area contributed by atoms with Crippen LogP contribution in [0.1, 0.15) is 41.9 Å². The summed E-state index contributed by atoms with van der Waals surface area (Å²) in [5.74, 6) is 0.218. The van der Waals surface area contributed by atoms with Gasteiger partial charge in [-0.05, 0) is 32.6 Å². The molecule has 0 radical (unpaired) electrons. The molecule has 0 bridgehead atoms. The fourth-order valence-corrected chi connectivity index (χ4v) is 3.91. The summed E-state index contributed by atoms with van der Waals surface area (Å²) in [7, 11) is 3.40. The van der Waals surface area contributed by atoms with Gasteiger partial charge in [-0.2, -0.15) is 0 Å². The number of ether oxygens (including phenoxy) is 2. The summed E-state index contributed by atoms with van der Waals surface area (Å²) in [5, 5.41) is 0. The van der Waals surface area contributed by atoms with Crippen molar-refractivity contribution < 1.29 is 14.3 Å². The van der Waals surface area contributed by atoms with Crippen LogP contribution in [0.2, 0.25) is 0 Å². The molecular formula is C16H23N3O4. The Balaban J connectivity index is 1.90. The van der Waals surface area contributed by atoms with Crippen LogP contribution in [0.5, 0.6) is 0 Å². The molecule has 1 aromatic heterocycles. The molecule has 2 fully saturated rings. The minimum Gasteiger partial charge on any atom is -0.381 e. The second-order valence-corrected chi connectivity index (χ2v) is 6.38. The highest BCUT2D eigenvalue weighted by Crippen LogP contribution is 2.43. The molecule has 1 aromatic rings. The van der Waals surface area contributed by atoms with E-state index in [4.69, 9.17) is 9.47 Å². The topological polar surface area (TPSA) is 84.5 Å². The Bertz CT molecular complexity index is 659. The van der Waals surface area contributed by atoms with Crippen molar-refractivity contribution in [3.8, 4) is 0 Å². The zero-order valence-electron chi connectivity index (χ0n) is 13.8. The molecule has 2 heterocycles. The number of amides is 1. The van der Waals surface area contributed by atoms with Crippen molar-refractivity contribution in [2.75, 3.05) is 20.8 Å². The molecule has 1 saturated heterocycles. The van der Waals surface area contributed by atoms with Gasteiger partial charge in [-0.25, -0.2) is 4.98 Å². The molecule has 0 unspecified atom stereocenters. The first-order valence-corrected chi connectivity index (χ1v) is 7.95. The number of fused-ring (bicyclic) bond motifs is 1. The Morgan fingerprint density at radius 3 is 2.87 bits per heavy atom. The Kier molecular flexibility index (Phi) is 4.25. The van der Waals surface area contributed by atoms with Gasteiger partial charge < -0.3 is 19.4 Å². The fraction of sp³-hybridized carbons (Fsp3) is 0.688. The van der Waals surface area contributed by atoms with Gasteiger partial charge in [0.25, 0.3) is 11.5 Å². The summed E-state index contributed by atoms with van der Waals surface area (Å²) in [6.07, 6.45) is 4.78. The lowest BCUT2D eigenvalue weighted by molar-refractivity contribution is -0.0893. The molecule has 2 aliphatic rings. The summed E-state index contributed by atoms with van der Waals surface area (Å²) in [5.41, 5.74) is -0.631. The third kappa shape index (κ3) is 2.68. The van der Waals surface area contributed by atoms with E-state index in [0.717, 1.165) is 25.7 Å². The van der Waals surface area contributed by atoms with Crippen molar-refractivity contribution in [2.45, 2.75) is 50.4 Å². The molecular weight excluding hydrogens is 298 g/mol. The maximum atomic E-state index is 12.9. The van der Waals surface area contributed by atoms with Gasteiger partial charge >= 0.3 is 0 Å². The first-order chi connectivity index (χ1) is 11.0. The average molecular weight is 321 g/mol. The Hall–Kier alpha value is -1.73. The summed E-state index contributed by atoms with van der Waals surface area (Å²) in [6.45, 7) is 2.27. The molecule has 1 aliphatic carbocycles. The number of rotatable bonds is 3. The largest absolute Gasteiger partial charge is 0.381 e. The van der Waals surface area contributed by atoms with E-state index < -0.39 is 5.56 Å². The van der Waals surface area contributed by atoms with Crippen LogP contribution in [0, 0.1) is 6.92 Å². The van der Waals surface area contributed by atoms with Gasteiger partial charge in [-0.1, -0.05) is 0 Å². The van der Waals surface area contributed by atoms with E-state index in [9.17, 15) is 9.59 Å². The standard InChI is InChI=1S/C16H23N3O4/c1-10-17-9-12(14(20)18-10)15(21)19-7-6-16(23-3)5-4-11(22-2)8-13(16)19/h9,11,13H,4-8H2,1-3H3,(H,17,18,20)/t11-,13-,16+/m0/s1. The third-order valence-corrected chi connectivity index (χ3v) is 5.29. The maximum Gasteiger partial charge on any atom is 0.263 e. The fourth-order valence-electron chi connectivity index (χ4n) is 3.91. The first-order valence-electron chi connectivity index (χ1n) is 7.95. The molecule has 3 rings (SSSR count). The minimum absolute atomic E-state index is 0.0700. The van der Waals surface area contributed by atoms with E-state index in [1.807, 2.05) is 0 Å². The van der Waals surface area contributed by atoms with E-state index in [0.29, 0.717) is 12.4 Å². The molecule has 7 heteroatoms. The maximum absolute atomic E-state index is 12.9. The minimum atomic E-state index is -0.392. The number of aryl methyl sites for hydroxylation is 1. The van der Waals surface area contributed by atoms with Crippen molar-refractivity contribution >= 4 is 5.91 Å². The smallest absolute Gasteiger partial charge is 0.263 e. The van der Waals surface area contributed by atoms with Gasteiger partial charge in [0, 0.05) is 27.0 Å². The number of aromatic amines is 1. The molecule has 1 saturated carbocycles. The summed E-state index contributed by atoms with van der Waals surface area (Å²) < 4.78 is 11.3. The van der Waals surface area contributed by atoms with Crippen LogP contribution in [0.15, 0.2) is 11.0 Å². The Morgan fingerprint density at radius 1 is 1.43 bits per heavy atom. The normalized spacial score (nSPS) is 30.3. The number of methoxy groups -OCH3 is 2. The number of carbonyl (C=O) groups excluding carboxylic acids is 1. The molecule has 1 amide bonds. The monoisotopic (exact) mass is 321 g/mol. The number of H-pyrrole nitrogens is 1. The van der Waals surface area contributed by atoms with Gasteiger partial charge in [-0.15, -0.1) is 0 Å². The van der Waals surface area contributed by atoms with Gasteiger partial charge in [0.05, 0.1) is 17.7 Å². The summed E-state index contributed by atoms with van der Waals surface area (Å²) >= 11 is 0. The molecule has 0 spiro atoms. The van der Waals surface area contributed by atoms with Crippen LogP contribution in [0.25, 0.3) is 0 Å². The SMILES string of the molecule is CO[C@H]1CC[C@@]2(OC)CCN(C(=O)c3cnc(C)[nH]c3=O)[C@H]2C1. The highest BCUT2D eigenvalue weighted by atomic mass is 16.5. The van der Waals surface area contributed by atoms with E-state index in [1.165, 1.54) is 6.20 Å². The number of likely N-dealkylation sites (tertiary alicyclic amines) is 1. The van der Waals surface area contributed by atoms with E-state index in [1.54, 1.807) is 26.0 Å². The first kappa shape index (κ1) is 16.1. The van der Waals surface area contributed by atoms with E-state index >= 15 is 0 Å². The molecule has 3 atom stereocenters. The van der Waals surface area contributed by atoms with E-state index in [-0.39, 0.29) is 29.2 Å². The van der Waals surface area contributed by atoms with Crippen LogP contribution in [-0.2, 0) is 9.47 Å². The Labute approximate surface area is 135 Å². The van der Waals surface area contributed by atoms with Gasteiger partial charge in [0.2, 0.25) is 0 Å². The van der Waals surface area contributed by atoms with Crippen LogP contribution in [0.3, 0.4) is 0 Å². The van der Waals surface area contributed by atoms with Crippen LogP contribution in [0.4, 0.5) is 0 Å². The predicted octanol–water partition coefficient (Wildman–Crippen LogP) is 0.877. The van der Waals surface area contributed by atoms with Crippen molar-refractivity contribution in [1.82, 2.24) is 14.9 Å². The zero-order valence-corrected chi connectivity index (χ0v) is 13.8. The molecule has 126 valence electrons. The van der Waals surface area contributed by atoms with Crippen molar-refractivity contribution in [3.05, 3.63) is 27.9 Å². The quantitative estimate of drug-likeness (QED) is 0.893. The second-order valence-electron chi connectivity index (χ2n) is 6.38. The third-order valence-electron chi connectivity index (χ3n) is 5.29. The summed E-state index contributed by atoms with van der Waals surface area (Å²) in [4.78, 5) is 33.3.